The third-order valence-electron chi connectivity index (χ3n) is 3.64. The number of piperazine rings is 1. The smallest absolute Gasteiger partial charge is 0.225 e. The van der Waals surface area contributed by atoms with E-state index in [1.807, 2.05) is 17.3 Å². The molecule has 2 rings (SSSR count). The molecule has 5 heteroatoms. The Morgan fingerprint density at radius 2 is 1.95 bits per heavy atom. The summed E-state index contributed by atoms with van der Waals surface area (Å²) in [5.41, 5.74) is 1.15. The molecule has 104 valence electrons. The van der Waals surface area contributed by atoms with E-state index >= 15 is 0 Å². The molecule has 0 radical (unpaired) electrons. The lowest BCUT2D eigenvalue weighted by molar-refractivity contribution is -0.131. The Hall–Kier alpha value is -1.65. The summed E-state index contributed by atoms with van der Waals surface area (Å²) in [5, 5.41) is 0. The van der Waals surface area contributed by atoms with Crippen LogP contribution in [0.25, 0.3) is 0 Å². The van der Waals surface area contributed by atoms with Gasteiger partial charge >= 0.3 is 0 Å². The fraction of sp³-hybridized carbons (Fsp3) is 0.643. The minimum Gasteiger partial charge on any atom is -0.337 e. The van der Waals surface area contributed by atoms with Crippen molar-refractivity contribution in [1.82, 2.24) is 14.9 Å². The Balaban J connectivity index is 2.06. The van der Waals surface area contributed by atoms with Gasteiger partial charge in [-0.1, -0.05) is 13.8 Å². The first kappa shape index (κ1) is 13.8. The van der Waals surface area contributed by atoms with Crippen LogP contribution in [0.3, 0.4) is 0 Å². The van der Waals surface area contributed by atoms with Gasteiger partial charge in [-0.15, -0.1) is 0 Å². The van der Waals surface area contributed by atoms with Gasteiger partial charge in [0.2, 0.25) is 11.9 Å². The molecular weight excluding hydrogens is 240 g/mol. The minimum absolute atomic E-state index is 0.142. The van der Waals surface area contributed by atoms with Crippen molar-refractivity contribution in [3.8, 4) is 0 Å². The highest BCUT2D eigenvalue weighted by Gasteiger charge is 2.26. The van der Waals surface area contributed by atoms with Gasteiger partial charge in [-0.05, 0) is 18.4 Å². The third-order valence-corrected chi connectivity index (χ3v) is 3.64. The highest BCUT2D eigenvalue weighted by atomic mass is 16.2. The summed E-state index contributed by atoms with van der Waals surface area (Å²) in [7, 11) is 0. The molecule has 0 bridgehead atoms. The van der Waals surface area contributed by atoms with E-state index in [0.717, 1.165) is 31.1 Å². The summed E-state index contributed by atoms with van der Waals surface area (Å²) in [5.74, 6) is 1.35. The Morgan fingerprint density at radius 3 is 2.42 bits per heavy atom. The standard InChI is InChI=1S/C14H22N4O/c1-10(2)13-7-15-14(16-8-13)17-5-6-18(12(4)19)11(3)9-17/h7-8,10-11H,5-6,9H2,1-4H3. The van der Waals surface area contributed by atoms with E-state index in [2.05, 4.69) is 35.6 Å². The van der Waals surface area contributed by atoms with Crippen LogP contribution < -0.4 is 4.90 Å². The lowest BCUT2D eigenvalue weighted by atomic mass is 10.1. The van der Waals surface area contributed by atoms with Crippen LogP contribution in [0.2, 0.25) is 0 Å². The van der Waals surface area contributed by atoms with Crippen LogP contribution >= 0.6 is 0 Å². The molecule has 1 aliphatic heterocycles. The quantitative estimate of drug-likeness (QED) is 0.813. The van der Waals surface area contributed by atoms with E-state index in [4.69, 9.17) is 0 Å². The van der Waals surface area contributed by atoms with Gasteiger partial charge in [0.1, 0.15) is 0 Å². The molecule has 1 unspecified atom stereocenters. The number of hydrogen-bond donors (Lipinski definition) is 0. The SMILES string of the molecule is CC(=O)N1CCN(c2ncc(C(C)C)cn2)CC1C. The summed E-state index contributed by atoms with van der Waals surface area (Å²) >= 11 is 0. The fourth-order valence-corrected chi connectivity index (χ4v) is 2.40. The third kappa shape index (κ3) is 3.03. The second-order valence-corrected chi connectivity index (χ2v) is 5.48. The van der Waals surface area contributed by atoms with Crippen molar-refractivity contribution in [3.63, 3.8) is 0 Å². The molecule has 1 saturated heterocycles. The van der Waals surface area contributed by atoms with Gasteiger partial charge in [0, 0.05) is 45.0 Å². The molecule has 1 aromatic heterocycles. The van der Waals surface area contributed by atoms with Crippen molar-refractivity contribution in [2.75, 3.05) is 24.5 Å². The summed E-state index contributed by atoms with van der Waals surface area (Å²) in [6, 6.07) is 0.208. The van der Waals surface area contributed by atoms with Crippen molar-refractivity contribution in [3.05, 3.63) is 18.0 Å². The molecule has 0 spiro atoms. The van der Waals surface area contributed by atoms with Crippen LogP contribution in [0, 0.1) is 0 Å². The second-order valence-electron chi connectivity index (χ2n) is 5.48. The highest BCUT2D eigenvalue weighted by Crippen LogP contribution is 2.17. The maximum Gasteiger partial charge on any atom is 0.225 e. The van der Waals surface area contributed by atoms with Gasteiger partial charge in [-0.2, -0.15) is 0 Å². The Labute approximate surface area is 114 Å². The summed E-state index contributed by atoms with van der Waals surface area (Å²) in [6.45, 7) is 10.3. The van der Waals surface area contributed by atoms with Gasteiger partial charge in [0.15, 0.2) is 0 Å². The summed E-state index contributed by atoms with van der Waals surface area (Å²) < 4.78 is 0. The monoisotopic (exact) mass is 262 g/mol. The molecule has 19 heavy (non-hydrogen) atoms. The topological polar surface area (TPSA) is 49.3 Å². The first-order valence-corrected chi connectivity index (χ1v) is 6.83. The number of aromatic nitrogens is 2. The minimum atomic E-state index is 0.142. The Bertz CT molecular complexity index is 443. The van der Waals surface area contributed by atoms with E-state index < -0.39 is 0 Å². The van der Waals surface area contributed by atoms with E-state index in [1.165, 1.54) is 0 Å². The van der Waals surface area contributed by atoms with Gasteiger partial charge < -0.3 is 9.80 Å². The summed E-state index contributed by atoms with van der Waals surface area (Å²) in [6.07, 6.45) is 3.80. The maximum absolute atomic E-state index is 11.4. The van der Waals surface area contributed by atoms with Crippen LogP contribution in [-0.2, 0) is 4.79 Å². The van der Waals surface area contributed by atoms with Crippen LogP contribution in [0.5, 0.6) is 0 Å². The molecular formula is C14H22N4O. The largest absolute Gasteiger partial charge is 0.337 e. The number of anilines is 1. The number of rotatable bonds is 2. The molecule has 5 nitrogen and oxygen atoms in total. The number of hydrogen-bond acceptors (Lipinski definition) is 4. The lowest BCUT2D eigenvalue weighted by Crippen LogP contribution is -2.53. The number of amides is 1. The lowest BCUT2D eigenvalue weighted by Gasteiger charge is -2.39. The van der Waals surface area contributed by atoms with E-state index in [-0.39, 0.29) is 11.9 Å². The van der Waals surface area contributed by atoms with Crippen LogP contribution in [0.1, 0.15) is 39.2 Å². The number of nitrogens with zero attached hydrogens (tertiary/aromatic N) is 4. The molecule has 2 heterocycles. The molecule has 0 aliphatic carbocycles. The maximum atomic E-state index is 11.4. The first-order valence-electron chi connectivity index (χ1n) is 6.83. The zero-order chi connectivity index (χ0) is 14.0. The molecule has 0 saturated carbocycles. The van der Waals surface area contributed by atoms with Crippen molar-refractivity contribution in [2.24, 2.45) is 0 Å². The summed E-state index contributed by atoms with van der Waals surface area (Å²) in [4.78, 5) is 24.4. The molecule has 0 N–H and O–H groups in total. The fourth-order valence-electron chi connectivity index (χ4n) is 2.40. The Kier molecular flexibility index (Phi) is 4.02. The average Bonchev–Trinajstić information content (AvgIpc) is 2.38. The van der Waals surface area contributed by atoms with Gasteiger partial charge in [-0.25, -0.2) is 9.97 Å². The van der Waals surface area contributed by atoms with E-state index in [1.54, 1.807) is 6.92 Å². The van der Waals surface area contributed by atoms with Crippen molar-refractivity contribution in [2.45, 2.75) is 39.7 Å². The molecule has 1 amide bonds. The van der Waals surface area contributed by atoms with E-state index in [9.17, 15) is 4.79 Å². The van der Waals surface area contributed by atoms with Gasteiger partial charge in [0.05, 0.1) is 0 Å². The van der Waals surface area contributed by atoms with Crippen LogP contribution in [0.4, 0.5) is 5.95 Å². The second kappa shape index (κ2) is 5.55. The number of carbonyl (C=O) groups excluding carboxylic acids is 1. The predicted molar refractivity (Wildman–Crippen MR) is 75.2 cm³/mol. The Morgan fingerprint density at radius 1 is 1.32 bits per heavy atom. The van der Waals surface area contributed by atoms with Crippen LogP contribution in [0.15, 0.2) is 12.4 Å². The highest BCUT2D eigenvalue weighted by molar-refractivity contribution is 5.74. The van der Waals surface area contributed by atoms with Crippen molar-refractivity contribution < 1.29 is 4.79 Å². The first-order chi connectivity index (χ1) is 8.99. The average molecular weight is 262 g/mol. The van der Waals surface area contributed by atoms with Crippen molar-refractivity contribution >= 4 is 11.9 Å². The molecule has 1 atom stereocenters. The zero-order valence-corrected chi connectivity index (χ0v) is 12.1. The molecule has 1 aromatic rings. The van der Waals surface area contributed by atoms with Crippen molar-refractivity contribution in [1.29, 1.82) is 0 Å². The zero-order valence-electron chi connectivity index (χ0n) is 12.1. The number of carbonyl (C=O) groups is 1. The van der Waals surface area contributed by atoms with E-state index in [0.29, 0.717) is 5.92 Å². The van der Waals surface area contributed by atoms with Gasteiger partial charge in [-0.3, -0.25) is 4.79 Å². The van der Waals surface area contributed by atoms with Crippen LogP contribution in [-0.4, -0.2) is 46.5 Å². The predicted octanol–water partition coefficient (Wildman–Crippen LogP) is 1.66. The molecule has 1 fully saturated rings. The molecule has 1 aliphatic rings. The normalized spacial score (nSPS) is 19.9. The molecule has 0 aromatic carbocycles. The van der Waals surface area contributed by atoms with Gasteiger partial charge in [0.25, 0.3) is 0 Å².